The second kappa shape index (κ2) is 14.7. The average molecular weight is 808 g/mol. The van der Waals surface area contributed by atoms with Crippen LogP contribution in [0.5, 0.6) is 5.75 Å². The summed E-state index contributed by atoms with van der Waals surface area (Å²) in [5.74, 6) is 3.56. The van der Waals surface area contributed by atoms with Gasteiger partial charge < -0.3 is 0 Å². The summed E-state index contributed by atoms with van der Waals surface area (Å²) >= 11 is 0. The summed E-state index contributed by atoms with van der Waals surface area (Å²) in [7, 11) is 0. The van der Waals surface area contributed by atoms with Crippen molar-refractivity contribution in [3.8, 4) is 5.75 Å². The van der Waals surface area contributed by atoms with Crippen LogP contribution in [0.1, 0.15) is 100 Å². The van der Waals surface area contributed by atoms with E-state index >= 15 is 0 Å². The molecule has 0 aromatic heterocycles. The number of hydrogen-bond donors (Lipinski definition) is 1. The van der Waals surface area contributed by atoms with Crippen LogP contribution < -0.4 is 25.7 Å². The maximum Gasteiger partial charge on any atom is 0 e. The molecule has 5 heteroatoms. The number of phenols is 1. The van der Waals surface area contributed by atoms with Crippen molar-refractivity contribution >= 4 is 33.9 Å². The van der Waals surface area contributed by atoms with Crippen molar-refractivity contribution in [2.24, 2.45) is 17.8 Å². The Morgan fingerprint density at radius 3 is 1.46 bits per heavy atom. The summed E-state index contributed by atoms with van der Waals surface area (Å²) in [4.78, 5) is 5.51. The Hall–Kier alpha value is -3.58. The van der Waals surface area contributed by atoms with Crippen LogP contribution in [0.3, 0.4) is 0 Å². The van der Waals surface area contributed by atoms with Crippen molar-refractivity contribution in [2.75, 3.05) is 29.6 Å². The number of rotatable bonds is 9. The first-order valence-corrected chi connectivity index (χ1v) is 24.0. The minimum atomic E-state index is -3.54. The van der Waals surface area contributed by atoms with E-state index in [-0.39, 0.29) is 27.8 Å². The van der Waals surface area contributed by atoms with Crippen molar-refractivity contribution in [3.63, 3.8) is 0 Å². The predicted molar refractivity (Wildman–Crippen MR) is 237 cm³/mol. The fourth-order valence-corrected chi connectivity index (χ4v) is 19.1. The van der Waals surface area contributed by atoms with Crippen LogP contribution in [-0.2, 0) is 21.9 Å². The van der Waals surface area contributed by atoms with Crippen molar-refractivity contribution in [2.45, 2.75) is 96.3 Å². The van der Waals surface area contributed by atoms with Crippen LogP contribution in [0.2, 0.25) is 0 Å². The van der Waals surface area contributed by atoms with Crippen LogP contribution in [0.4, 0.5) is 11.4 Å². The molecule has 5 fully saturated rings. The van der Waals surface area contributed by atoms with Crippen molar-refractivity contribution in [1.82, 2.24) is 0 Å². The number of phenolic OH excluding ortho intramolecular Hbond substituents is 1. The molecule has 5 aromatic rings. The zero-order chi connectivity index (χ0) is 38.1. The van der Waals surface area contributed by atoms with Gasteiger partial charge in [-0.05, 0) is 0 Å². The Morgan fingerprint density at radius 1 is 0.607 bits per heavy atom. The molecule has 0 radical (unpaired) electrons. The molecule has 1 atom stereocenters. The summed E-state index contributed by atoms with van der Waals surface area (Å²) < 4.78 is 0. The summed E-state index contributed by atoms with van der Waals surface area (Å²) in [6, 6.07) is 46.1. The number of aryl methyl sites for hydroxylation is 1. The Balaban J connectivity index is 0.00000441. The number of nitrogens with zero attached hydrogens (tertiary/aromatic N) is 2. The van der Waals surface area contributed by atoms with Crippen LogP contribution >= 0.6 is 6.60 Å². The third kappa shape index (κ3) is 5.91. The molecule has 4 bridgehead atoms. The van der Waals surface area contributed by atoms with Crippen LogP contribution in [-0.4, -0.2) is 30.8 Å². The van der Waals surface area contributed by atoms with E-state index in [1.54, 1.807) is 0 Å². The van der Waals surface area contributed by atoms with E-state index in [9.17, 15) is 5.11 Å². The molecule has 1 heterocycles. The predicted octanol–water partition coefficient (Wildman–Crippen LogP) is 11.2. The third-order valence-corrected chi connectivity index (χ3v) is 21.4. The van der Waals surface area contributed by atoms with E-state index in [2.05, 4.69) is 172 Å². The molecule has 10 rings (SSSR count). The molecule has 3 nitrogen and oxygen atoms in total. The maximum atomic E-state index is 13.1. The molecule has 296 valence electrons. The maximum absolute atomic E-state index is 13.1. The van der Waals surface area contributed by atoms with Crippen LogP contribution in [0.15, 0.2) is 121 Å². The second-order valence-corrected chi connectivity index (χ2v) is 24.2. The number of hydrogen-bond acceptors (Lipinski definition) is 3. The smallest absolute Gasteiger partial charge is 0 e. The first-order valence-electron chi connectivity index (χ1n) is 21.2. The molecular weight excluding hydrogens is 746 g/mol. The molecule has 1 unspecified atom stereocenters. The van der Waals surface area contributed by atoms with Gasteiger partial charge in [0, 0.05) is 16.5 Å². The van der Waals surface area contributed by atoms with E-state index in [1.165, 1.54) is 82.4 Å². The van der Waals surface area contributed by atoms with Gasteiger partial charge in [0.05, 0.1) is 0 Å². The van der Waals surface area contributed by atoms with E-state index in [0.717, 1.165) is 36.5 Å². The van der Waals surface area contributed by atoms with E-state index < -0.39 is 6.60 Å². The molecule has 1 aliphatic heterocycles. The van der Waals surface area contributed by atoms with Gasteiger partial charge in [0.15, 0.2) is 0 Å². The van der Waals surface area contributed by atoms with Gasteiger partial charge in [0.2, 0.25) is 0 Å². The zero-order valence-corrected chi connectivity index (χ0v) is 36.2. The van der Waals surface area contributed by atoms with E-state index in [0.29, 0.717) is 17.6 Å². The summed E-state index contributed by atoms with van der Waals surface area (Å²) in [5.41, 5.74) is 7.79. The van der Waals surface area contributed by atoms with Gasteiger partial charge in [-0.25, -0.2) is 0 Å². The Bertz CT molecular complexity index is 2020. The molecule has 0 amide bonds. The molecule has 0 spiro atoms. The third-order valence-electron chi connectivity index (χ3n) is 14.8. The van der Waals surface area contributed by atoms with Gasteiger partial charge in [-0.3, -0.25) is 0 Å². The van der Waals surface area contributed by atoms with Gasteiger partial charge in [0.1, 0.15) is 0 Å². The molecule has 5 aromatic carbocycles. The average Bonchev–Trinajstić information content (AvgIpc) is 3.64. The van der Waals surface area contributed by atoms with Crippen molar-refractivity contribution in [1.29, 1.82) is 0 Å². The zero-order valence-electron chi connectivity index (χ0n) is 34.3. The quantitative estimate of drug-likeness (QED) is 0.119. The summed E-state index contributed by atoms with van der Waals surface area (Å²) in [5, 5.41) is 17.2. The summed E-state index contributed by atoms with van der Waals surface area (Å²) in [6.45, 7) is 12.5. The molecule has 5 aliphatic rings. The number of benzene rings is 5. The van der Waals surface area contributed by atoms with Crippen LogP contribution in [0.25, 0.3) is 0 Å². The van der Waals surface area contributed by atoms with Crippen molar-refractivity contribution < 1.29 is 21.6 Å². The number of aromatic hydroxyl groups is 1. The fraction of sp³-hybridized carbons (Fsp3) is 0.412. The monoisotopic (exact) mass is 806 g/mol. The molecule has 56 heavy (non-hydrogen) atoms. The Kier molecular flexibility index (Phi) is 10.3. The van der Waals surface area contributed by atoms with Gasteiger partial charge >= 0.3 is 332 Å². The standard InChI is InChI=1S/C51H61N2OP.Ni/c1-35(2)44-23-16-24-45(36(3)4)48(44)53-26-25-52(47-28-37(5)27-46(49(47)54)51-32-38-29-39(33-51)31-40(30-38)34-51)50(53)55(6,41-17-10-7-11-18-41,42-19-12-8-13-20-42)43-21-14-9-15-22-43;/h7-24,27-28,35-36,38-40,50,54H,25-26,29-34H2,1-6H3;. The van der Waals surface area contributed by atoms with E-state index in [1.807, 2.05) is 0 Å². The fourth-order valence-electron chi connectivity index (χ4n) is 12.7. The van der Waals surface area contributed by atoms with Gasteiger partial charge in [-0.1, -0.05) is 0 Å². The van der Waals surface area contributed by atoms with E-state index in [4.69, 9.17) is 0 Å². The number of para-hydroxylation sites is 1. The van der Waals surface area contributed by atoms with Crippen molar-refractivity contribution in [3.05, 3.63) is 144 Å². The molecule has 1 saturated heterocycles. The summed E-state index contributed by atoms with van der Waals surface area (Å²) in [6.07, 6.45) is 7.88. The largest absolute Gasteiger partial charge is 0 e. The minimum Gasteiger partial charge on any atom is 0 e. The molecule has 4 saturated carbocycles. The molecule has 1 N–H and O–H groups in total. The first-order chi connectivity index (χ1) is 26.5. The van der Waals surface area contributed by atoms with Crippen LogP contribution in [0, 0.1) is 24.7 Å². The Labute approximate surface area is 346 Å². The first kappa shape index (κ1) is 39.3. The second-order valence-electron chi connectivity index (χ2n) is 18.9. The Morgan fingerprint density at radius 2 is 1.04 bits per heavy atom. The minimum absolute atomic E-state index is 0. The van der Waals surface area contributed by atoms with Gasteiger partial charge in [0.25, 0.3) is 0 Å². The topological polar surface area (TPSA) is 26.7 Å². The SMILES string of the molecule is Cc1cc(N2CCN(c3c(C(C)C)cccc3C(C)C)C2P(C)(c2ccccc2)(c2ccccc2)c2ccccc2)c(O)c(C23CC4CC(CC(C4)C2)C3)c1.[Ni]. The normalized spacial score (nSPS) is 25.0. The number of anilines is 2. The van der Waals surface area contributed by atoms with Gasteiger partial charge in [-0.2, -0.15) is 0 Å². The van der Waals surface area contributed by atoms with Gasteiger partial charge in [-0.15, -0.1) is 0 Å². The molecular formula is C51H61N2NiOP. The molecule has 4 aliphatic carbocycles.